The number of allylic oxidation sites excluding steroid dienone is 1. The smallest absolute Gasteiger partial charge is 0.247 e. The number of likely N-dealkylation sites (N-methyl/N-ethyl adjacent to an activating group) is 1. The van der Waals surface area contributed by atoms with Gasteiger partial charge in [0.25, 0.3) is 0 Å². The van der Waals surface area contributed by atoms with Crippen LogP contribution in [0.2, 0.25) is 0 Å². The minimum Gasteiger partial charge on any atom is -0.421 e. The average Bonchev–Trinajstić information content (AvgIpc) is 3.21. The zero-order valence-electron chi connectivity index (χ0n) is 18.9. The van der Waals surface area contributed by atoms with Crippen LogP contribution in [0.15, 0.2) is 46.4 Å². The maximum Gasteiger partial charge on any atom is 0.247 e. The van der Waals surface area contributed by atoms with Gasteiger partial charge < -0.3 is 14.2 Å². The molecule has 30 heavy (non-hydrogen) atoms. The highest BCUT2D eigenvalue weighted by atomic mass is 16.4. The Morgan fingerprint density at radius 3 is 2.50 bits per heavy atom. The van der Waals surface area contributed by atoms with Crippen molar-refractivity contribution < 1.29 is 4.42 Å². The summed E-state index contributed by atoms with van der Waals surface area (Å²) in [6.45, 7) is 13.0. The van der Waals surface area contributed by atoms with E-state index in [9.17, 15) is 0 Å². The fraction of sp³-hybridized carbons (Fsp3) is 0.600. The van der Waals surface area contributed by atoms with E-state index in [1.807, 2.05) is 30.3 Å². The molecule has 1 aliphatic heterocycles. The van der Waals surface area contributed by atoms with Gasteiger partial charge in [-0.2, -0.15) is 0 Å². The lowest BCUT2D eigenvalue weighted by Crippen LogP contribution is -2.47. The van der Waals surface area contributed by atoms with E-state index in [4.69, 9.17) is 4.42 Å². The second-order valence-corrected chi connectivity index (χ2v) is 9.59. The predicted molar refractivity (Wildman–Crippen MR) is 121 cm³/mol. The van der Waals surface area contributed by atoms with E-state index in [2.05, 4.69) is 53.9 Å². The molecule has 3 atom stereocenters. The molecule has 1 aromatic carbocycles. The minimum absolute atomic E-state index is 0.491. The molecular formula is C25H36N4O. The van der Waals surface area contributed by atoms with Gasteiger partial charge in [-0.25, -0.2) is 0 Å². The molecule has 4 rings (SSSR count). The van der Waals surface area contributed by atoms with Crippen LogP contribution in [0.4, 0.5) is 0 Å². The third-order valence-corrected chi connectivity index (χ3v) is 7.06. The Bertz CT molecular complexity index is 836. The van der Waals surface area contributed by atoms with Gasteiger partial charge in [-0.15, -0.1) is 10.2 Å². The highest BCUT2D eigenvalue weighted by molar-refractivity contribution is 5.51. The summed E-state index contributed by atoms with van der Waals surface area (Å²) >= 11 is 0. The van der Waals surface area contributed by atoms with Crippen molar-refractivity contribution in [3.63, 3.8) is 0 Å². The van der Waals surface area contributed by atoms with Crippen molar-refractivity contribution in [2.24, 2.45) is 23.7 Å². The van der Waals surface area contributed by atoms with Gasteiger partial charge in [0.05, 0.1) is 0 Å². The molecule has 1 fully saturated rings. The molecular weight excluding hydrogens is 372 g/mol. The third kappa shape index (κ3) is 5.01. The lowest BCUT2D eigenvalue weighted by atomic mass is 9.69. The van der Waals surface area contributed by atoms with Crippen molar-refractivity contribution in [1.29, 1.82) is 0 Å². The fourth-order valence-electron chi connectivity index (χ4n) is 5.06. The van der Waals surface area contributed by atoms with Crippen LogP contribution in [-0.4, -0.2) is 59.8 Å². The number of hydrogen-bond acceptors (Lipinski definition) is 5. The summed E-state index contributed by atoms with van der Waals surface area (Å²) in [5.41, 5.74) is 2.48. The molecule has 0 unspecified atom stereocenters. The van der Waals surface area contributed by atoms with E-state index in [0.717, 1.165) is 17.9 Å². The molecule has 0 spiro atoms. The lowest BCUT2D eigenvalue weighted by Gasteiger charge is -2.41. The van der Waals surface area contributed by atoms with Crippen molar-refractivity contribution in [3.05, 3.63) is 47.9 Å². The first kappa shape index (κ1) is 21.3. The lowest BCUT2D eigenvalue weighted by molar-refractivity contribution is 0.112. The molecule has 0 amide bonds. The number of benzene rings is 1. The summed E-state index contributed by atoms with van der Waals surface area (Å²) in [6.07, 6.45) is 4.61. The van der Waals surface area contributed by atoms with Gasteiger partial charge in [0.15, 0.2) is 0 Å². The number of nitrogens with zero attached hydrogens (tertiary/aromatic N) is 4. The molecule has 0 saturated carbocycles. The van der Waals surface area contributed by atoms with Crippen LogP contribution in [0.5, 0.6) is 0 Å². The average molecular weight is 409 g/mol. The fourth-order valence-corrected chi connectivity index (χ4v) is 5.06. The van der Waals surface area contributed by atoms with Gasteiger partial charge in [-0.3, -0.25) is 0 Å². The van der Waals surface area contributed by atoms with Gasteiger partial charge in [0.1, 0.15) is 0 Å². The molecule has 2 aromatic rings. The first-order valence-corrected chi connectivity index (χ1v) is 11.5. The van der Waals surface area contributed by atoms with E-state index >= 15 is 0 Å². The van der Waals surface area contributed by atoms with Gasteiger partial charge in [-0.05, 0) is 56.2 Å². The predicted octanol–water partition coefficient (Wildman–Crippen LogP) is 4.38. The summed E-state index contributed by atoms with van der Waals surface area (Å²) in [6, 6.07) is 10.0. The number of rotatable bonds is 6. The Hall–Kier alpha value is -1.98. The number of piperazine rings is 1. The van der Waals surface area contributed by atoms with E-state index in [1.165, 1.54) is 44.7 Å². The molecule has 2 aliphatic rings. The van der Waals surface area contributed by atoms with Crippen molar-refractivity contribution in [3.8, 4) is 11.5 Å². The molecule has 1 aliphatic carbocycles. The summed E-state index contributed by atoms with van der Waals surface area (Å²) < 4.78 is 6.01. The normalized spacial score (nSPS) is 26.2. The topological polar surface area (TPSA) is 45.4 Å². The van der Waals surface area contributed by atoms with Crippen LogP contribution in [0.3, 0.4) is 0 Å². The van der Waals surface area contributed by atoms with Crippen molar-refractivity contribution >= 4 is 0 Å². The zero-order chi connectivity index (χ0) is 21.1. The van der Waals surface area contributed by atoms with Gasteiger partial charge in [0, 0.05) is 44.7 Å². The van der Waals surface area contributed by atoms with E-state index in [0.29, 0.717) is 29.6 Å². The molecule has 162 valence electrons. The van der Waals surface area contributed by atoms with Gasteiger partial charge in [0.2, 0.25) is 11.8 Å². The first-order chi connectivity index (χ1) is 14.5. The summed E-state index contributed by atoms with van der Waals surface area (Å²) in [4.78, 5) is 5.09. The molecule has 0 radical (unpaired) electrons. The minimum atomic E-state index is 0.491. The SMILES string of the molecule is CC1=C[C@@H](CN2CCN(C)CC2)[C@H](C(C)C)C[C@H]1Cc1nnc(-c2ccccc2)o1. The van der Waals surface area contributed by atoms with Crippen molar-refractivity contribution in [2.45, 2.75) is 33.6 Å². The van der Waals surface area contributed by atoms with Crippen LogP contribution in [0.1, 0.15) is 33.1 Å². The first-order valence-electron chi connectivity index (χ1n) is 11.5. The Labute approximate surface area is 181 Å². The third-order valence-electron chi connectivity index (χ3n) is 7.06. The summed E-state index contributed by atoms with van der Waals surface area (Å²) in [7, 11) is 2.23. The zero-order valence-corrected chi connectivity index (χ0v) is 18.9. The van der Waals surface area contributed by atoms with Crippen molar-refractivity contribution in [2.75, 3.05) is 39.8 Å². The second kappa shape index (κ2) is 9.44. The summed E-state index contributed by atoms with van der Waals surface area (Å²) in [5, 5.41) is 8.64. The second-order valence-electron chi connectivity index (χ2n) is 9.59. The molecule has 1 saturated heterocycles. The highest BCUT2D eigenvalue weighted by Gasteiger charge is 2.33. The quantitative estimate of drug-likeness (QED) is 0.664. The molecule has 5 heteroatoms. The van der Waals surface area contributed by atoms with E-state index in [1.54, 1.807) is 0 Å². The van der Waals surface area contributed by atoms with Gasteiger partial charge >= 0.3 is 0 Å². The Kier molecular flexibility index (Phi) is 6.69. The molecule has 2 heterocycles. The largest absolute Gasteiger partial charge is 0.421 e. The maximum atomic E-state index is 6.01. The molecule has 1 aromatic heterocycles. The monoisotopic (exact) mass is 408 g/mol. The van der Waals surface area contributed by atoms with Crippen molar-refractivity contribution in [1.82, 2.24) is 20.0 Å². The summed E-state index contributed by atoms with van der Waals surface area (Å²) in [5.74, 6) is 3.90. The molecule has 0 N–H and O–H groups in total. The van der Waals surface area contributed by atoms with Crippen LogP contribution in [0.25, 0.3) is 11.5 Å². The van der Waals surface area contributed by atoms with Gasteiger partial charge in [-0.1, -0.05) is 43.7 Å². The van der Waals surface area contributed by atoms with Crippen LogP contribution in [0, 0.1) is 23.7 Å². The Balaban J connectivity index is 1.44. The maximum absolute atomic E-state index is 6.01. The highest BCUT2D eigenvalue weighted by Crippen LogP contribution is 2.39. The van der Waals surface area contributed by atoms with Crippen LogP contribution in [-0.2, 0) is 6.42 Å². The number of hydrogen-bond donors (Lipinski definition) is 0. The molecule has 0 bridgehead atoms. The van der Waals surface area contributed by atoms with E-state index < -0.39 is 0 Å². The standard InChI is InChI=1S/C25H36N4O/c1-18(2)23-15-21(16-24-26-27-25(30-24)20-8-6-5-7-9-20)19(3)14-22(23)17-29-12-10-28(4)11-13-29/h5-9,14,18,21-23H,10-13,15-17H2,1-4H3/t21-,22-,23-/m0/s1. The van der Waals surface area contributed by atoms with Crippen LogP contribution >= 0.6 is 0 Å². The Morgan fingerprint density at radius 1 is 1.07 bits per heavy atom. The molecule has 5 nitrogen and oxygen atoms in total. The number of aromatic nitrogens is 2. The van der Waals surface area contributed by atoms with E-state index in [-0.39, 0.29) is 0 Å². The van der Waals surface area contributed by atoms with Crippen LogP contribution < -0.4 is 0 Å². The Morgan fingerprint density at radius 2 is 1.80 bits per heavy atom.